The zero-order valence-electron chi connectivity index (χ0n) is 12.8. The van der Waals surface area contributed by atoms with Gasteiger partial charge in [0.15, 0.2) is 9.84 Å². The van der Waals surface area contributed by atoms with Gasteiger partial charge < -0.3 is 5.73 Å². The van der Waals surface area contributed by atoms with Crippen LogP contribution < -0.4 is 5.73 Å². The highest BCUT2D eigenvalue weighted by molar-refractivity contribution is 7.91. The molecule has 5 nitrogen and oxygen atoms in total. The summed E-state index contributed by atoms with van der Waals surface area (Å²) in [4.78, 5) is 6.27. The molecule has 1 aromatic rings. The van der Waals surface area contributed by atoms with Gasteiger partial charge in [-0.25, -0.2) is 8.42 Å². The van der Waals surface area contributed by atoms with Gasteiger partial charge in [-0.3, -0.25) is 9.88 Å². The number of nitrogens with zero attached hydrogens (tertiary/aromatic N) is 2. The molecule has 21 heavy (non-hydrogen) atoms. The maximum Gasteiger partial charge on any atom is 0.152 e. The number of sulfone groups is 1. The normalized spacial score (nSPS) is 26.4. The van der Waals surface area contributed by atoms with Crippen molar-refractivity contribution in [3.8, 4) is 0 Å². The van der Waals surface area contributed by atoms with E-state index in [4.69, 9.17) is 5.73 Å². The van der Waals surface area contributed by atoms with E-state index in [1.165, 1.54) is 6.26 Å². The SMILES string of the molecule is CCN(Cc1ccncc1)C1(CN)CCCC1S(C)(=O)=O. The zero-order valence-corrected chi connectivity index (χ0v) is 13.6. The molecule has 118 valence electrons. The predicted octanol–water partition coefficient (Wildman–Crippen LogP) is 1.20. The average molecular weight is 311 g/mol. The van der Waals surface area contributed by atoms with E-state index in [-0.39, 0.29) is 5.25 Å². The molecule has 0 radical (unpaired) electrons. The van der Waals surface area contributed by atoms with Crippen LogP contribution in [0.1, 0.15) is 31.7 Å². The van der Waals surface area contributed by atoms with E-state index >= 15 is 0 Å². The van der Waals surface area contributed by atoms with Crippen LogP contribution >= 0.6 is 0 Å². The Morgan fingerprint density at radius 1 is 1.43 bits per heavy atom. The van der Waals surface area contributed by atoms with Gasteiger partial charge in [-0.15, -0.1) is 0 Å². The zero-order chi connectivity index (χ0) is 15.5. The molecule has 1 aliphatic carbocycles. The fraction of sp³-hybridized carbons (Fsp3) is 0.667. The Morgan fingerprint density at radius 2 is 2.10 bits per heavy atom. The summed E-state index contributed by atoms with van der Waals surface area (Å²) in [5.41, 5.74) is 6.77. The Labute approximate surface area is 127 Å². The Morgan fingerprint density at radius 3 is 2.62 bits per heavy atom. The first-order valence-electron chi connectivity index (χ1n) is 7.47. The van der Waals surface area contributed by atoms with Gasteiger partial charge in [-0.2, -0.15) is 0 Å². The van der Waals surface area contributed by atoms with Crippen LogP contribution in [0.5, 0.6) is 0 Å². The van der Waals surface area contributed by atoms with E-state index in [2.05, 4.69) is 16.8 Å². The molecule has 2 N–H and O–H groups in total. The lowest BCUT2D eigenvalue weighted by Crippen LogP contribution is -2.60. The van der Waals surface area contributed by atoms with Gasteiger partial charge >= 0.3 is 0 Å². The van der Waals surface area contributed by atoms with Crippen LogP contribution in [0.2, 0.25) is 0 Å². The third kappa shape index (κ3) is 3.27. The number of rotatable bonds is 6. The van der Waals surface area contributed by atoms with Crippen LogP contribution in [0.25, 0.3) is 0 Å². The molecule has 6 heteroatoms. The van der Waals surface area contributed by atoms with Crippen molar-refractivity contribution in [3.05, 3.63) is 30.1 Å². The molecule has 0 spiro atoms. The number of nitrogens with two attached hydrogens (primary N) is 1. The van der Waals surface area contributed by atoms with Crippen molar-refractivity contribution in [2.45, 2.75) is 43.5 Å². The third-order valence-electron chi connectivity index (χ3n) is 4.68. The molecule has 1 aromatic heterocycles. The van der Waals surface area contributed by atoms with Gasteiger partial charge in [0.25, 0.3) is 0 Å². The van der Waals surface area contributed by atoms with E-state index < -0.39 is 15.4 Å². The van der Waals surface area contributed by atoms with Crippen LogP contribution in [-0.4, -0.2) is 48.4 Å². The predicted molar refractivity (Wildman–Crippen MR) is 84.6 cm³/mol. The van der Waals surface area contributed by atoms with E-state index in [0.29, 0.717) is 19.5 Å². The second-order valence-electron chi connectivity index (χ2n) is 5.89. The molecule has 2 atom stereocenters. The number of aromatic nitrogens is 1. The number of hydrogen-bond acceptors (Lipinski definition) is 5. The molecule has 2 rings (SSSR count). The number of hydrogen-bond donors (Lipinski definition) is 1. The van der Waals surface area contributed by atoms with Crippen molar-refractivity contribution in [1.82, 2.24) is 9.88 Å². The van der Waals surface area contributed by atoms with Crippen molar-refractivity contribution >= 4 is 9.84 Å². The van der Waals surface area contributed by atoms with Crippen LogP contribution in [-0.2, 0) is 16.4 Å². The summed E-state index contributed by atoms with van der Waals surface area (Å²) < 4.78 is 24.4. The quantitative estimate of drug-likeness (QED) is 0.854. The van der Waals surface area contributed by atoms with E-state index in [0.717, 1.165) is 24.9 Å². The summed E-state index contributed by atoms with van der Waals surface area (Å²) in [7, 11) is -3.10. The van der Waals surface area contributed by atoms with E-state index in [1.807, 2.05) is 12.1 Å². The lowest BCUT2D eigenvalue weighted by Gasteiger charge is -2.43. The summed E-state index contributed by atoms with van der Waals surface area (Å²) in [6.45, 7) is 3.94. The molecular formula is C15H25N3O2S. The second-order valence-corrected chi connectivity index (χ2v) is 8.12. The standard InChI is InChI=1S/C15H25N3O2S/c1-3-18(11-13-6-9-17-10-7-13)15(12-16)8-4-5-14(15)21(2,19)20/h6-7,9-10,14H,3-5,8,11-12,16H2,1-2H3. The van der Waals surface area contributed by atoms with Crippen LogP contribution in [0.4, 0.5) is 0 Å². The van der Waals surface area contributed by atoms with Crippen molar-refractivity contribution in [2.75, 3.05) is 19.3 Å². The van der Waals surface area contributed by atoms with Gasteiger partial charge in [0, 0.05) is 31.7 Å². The molecular weight excluding hydrogens is 286 g/mol. The van der Waals surface area contributed by atoms with E-state index in [1.54, 1.807) is 12.4 Å². The maximum atomic E-state index is 12.2. The molecule has 0 amide bonds. The molecule has 1 saturated carbocycles. The topological polar surface area (TPSA) is 76.3 Å². The fourth-order valence-corrected chi connectivity index (χ4v) is 5.41. The highest BCUT2D eigenvalue weighted by Gasteiger charge is 2.50. The Kier molecular flexibility index (Phi) is 5.01. The average Bonchev–Trinajstić information content (AvgIpc) is 2.91. The molecule has 0 aliphatic heterocycles. The van der Waals surface area contributed by atoms with Gasteiger partial charge in [0.05, 0.1) is 10.8 Å². The van der Waals surface area contributed by atoms with Gasteiger partial charge in [-0.1, -0.05) is 13.3 Å². The minimum Gasteiger partial charge on any atom is -0.329 e. The first-order chi connectivity index (χ1) is 9.94. The van der Waals surface area contributed by atoms with Crippen molar-refractivity contribution in [2.24, 2.45) is 5.73 Å². The molecule has 0 aromatic carbocycles. The number of likely N-dealkylation sites (N-methyl/N-ethyl adjacent to an activating group) is 1. The summed E-state index contributed by atoms with van der Waals surface area (Å²) in [6.07, 6.45) is 7.35. The molecule has 2 unspecified atom stereocenters. The summed E-state index contributed by atoms with van der Waals surface area (Å²) >= 11 is 0. The molecule has 0 bridgehead atoms. The van der Waals surface area contributed by atoms with Crippen molar-refractivity contribution < 1.29 is 8.42 Å². The maximum absolute atomic E-state index is 12.2. The minimum absolute atomic E-state index is 0.364. The third-order valence-corrected chi connectivity index (χ3v) is 6.39. The fourth-order valence-electron chi connectivity index (χ4n) is 3.65. The minimum atomic E-state index is -3.10. The Hall–Kier alpha value is -0.980. The molecule has 0 saturated heterocycles. The lowest BCUT2D eigenvalue weighted by molar-refractivity contribution is 0.0994. The number of pyridine rings is 1. The monoisotopic (exact) mass is 311 g/mol. The second kappa shape index (κ2) is 6.42. The lowest BCUT2D eigenvalue weighted by atomic mass is 9.94. The Bertz CT molecular complexity index is 562. The highest BCUT2D eigenvalue weighted by atomic mass is 32.2. The Balaban J connectivity index is 2.32. The van der Waals surface area contributed by atoms with Gasteiger partial charge in [0.1, 0.15) is 0 Å². The molecule has 1 heterocycles. The first kappa shape index (κ1) is 16.4. The van der Waals surface area contributed by atoms with Crippen molar-refractivity contribution in [3.63, 3.8) is 0 Å². The summed E-state index contributed by atoms with van der Waals surface area (Å²) in [5, 5.41) is -0.364. The van der Waals surface area contributed by atoms with Crippen LogP contribution in [0.15, 0.2) is 24.5 Å². The first-order valence-corrected chi connectivity index (χ1v) is 9.42. The molecule has 1 fully saturated rings. The highest BCUT2D eigenvalue weighted by Crippen LogP contribution is 2.39. The van der Waals surface area contributed by atoms with Gasteiger partial charge in [-0.05, 0) is 37.1 Å². The van der Waals surface area contributed by atoms with Crippen molar-refractivity contribution in [1.29, 1.82) is 0 Å². The summed E-state index contributed by atoms with van der Waals surface area (Å²) in [5.74, 6) is 0. The smallest absolute Gasteiger partial charge is 0.152 e. The van der Waals surface area contributed by atoms with Gasteiger partial charge in [0.2, 0.25) is 0 Å². The largest absolute Gasteiger partial charge is 0.329 e. The molecule has 1 aliphatic rings. The van der Waals surface area contributed by atoms with Crippen LogP contribution in [0.3, 0.4) is 0 Å². The van der Waals surface area contributed by atoms with Crippen LogP contribution in [0, 0.1) is 0 Å². The summed E-state index contributed by atoms with van der Waals surface area (Å²) in [6, 6.07) is 3.94. The van der Waals surface area contributed by atoms with E-state index in [9.17, 15) is 8.42 Å².